The van der Waals surface area contributed by atoms with Gasteiger partial charge < -0.3 is 9.47 Å². The molecule has 8 aromatic carbocycles. The largest absolute Gasteiger partial charge is 0.310 e. The SMILES string of the molecule is CC1(C)c2cc(N(c3ccc(-c4ccccc4)cc3)c3ccc(-c4ccc5c(c4)c4ccccc4n5-c4ccccc4)cc3)ccc2-c2sc3ccccc3c21. The van der Waals surface area contributed by atoms with Gasteiger partial charge in [0, 0.05) is 48.5 Å². The molecule has 0 amide bonds. The third-order valence-corrected chi connectivity index (χ3v) is 13.0. The van der Waals surface area contributed by atoms with Crippen molar-refractivity contribution >= 4 is 60.3 Å². The highest BCUT2D eigenvalue weighted by molar-refractivity contribution is 7.22. The summed E-state index contributed by atoms with van der Waals surface area (Å²) in [6.45, 7) is 4.78. The van der Waals surface area contributed by atoms with Crippen molar-refractivity contribution in [2.75, 3.05) is 4.90 Å². The second kappa shape index (κ2) is 12.7. The highest BCUT2D eigenvalue weighted by Crippen LogP contribution is 2.56. The molecule has 0 spiro atoms. The fraction of sp³-hybridized carbons (Fsp3) is 0.0566. The van der Waals surface area contributed by atoms with Crippen molar-refractivity contribution in [1.82, 2.24) is 4.57 Å². The quantitative estimate of drug-likeness (QED) is 0.165. The molecule has 11 rings (SSSR count). The number of para-hydroxylation sites is 2. The Morgan fingerprint density at radius 3 is 1.73 bits per heavy atom. The topological polar surface area (TPSA) is 8.17 Å². The molecule has 0 radical (unpaired) electrons. The molecule has 56 heavy (non-hydrogen) atoms. The van der Waals surface area contributed by atoms with Crippen LogP contribution in [-0.4, -0.2) is 4.57 Å². The van der Waals surface area contributed by atoms with Crippen LogP contribution < -0.4 is 4.90 Å². The number of fused-ring (bicyclic) bond motifs is 8. The second-order valence-electron chi connectivity index (χ2n) is 15.4. The molecule has 0 bridgehead atoms. The van der Waals surface area contributed by atoms with Crippen molar-refractivity contribution in [3.63, 3.8) is 0 Å². The monoisotopic (exact) mass is 734 g/mol. The zero-order valence-corrected chi connectivity index (χ0v) is 32.1. The minimum Gasteiger partial charge on any atom is -0.310 e. The van der Waals surface area contributed by atoms with Gasteiger partial charge in [0.15, 0.2) is 0 Å². The molecule has 0 N–H and O–H groups in total. The second-order valence-corrected chi connectivity index (χ2v) is 16.4. The molecule has 0 atom stereocenters. The van der Waals surface area contributed by atoms with Crippen LogP contribution in [0.5, 0.6) is 0 Å². The molecule has 0 aliphatic heterocycles. The molecule has 0 fully saturated rings. The van der Waals surface area contributed by atoms with Crippen molar-refractivity contribution in [3.8, 4) is 38.4 Å². The predicted molar refractivity (Wildman–Crippen MR) is 239 cm³/mol. The maximum Gasteiger partial charge on any atom is 0.0541 e. The van der Waals surface area contributed by atoms with Crippen molar-refractivity contribution in [1.29, 1.82) is 0 Å². The van der Waals surface area contributed by atoms with E-state index in [1.165, 1.54) is 81.4 Å². The third kappa shape index (κ3) is 5.08. The van der Waals surface area contributed by atoms with Crippen LogP contribution in [-0.2, 0) is 5.41 Å². The molecule has 266 valence electrons. The van der Waals surface area contributed by atoms with E-state index in [-0.39, 0.29) is 5.41 Å². The van der Waals surface area contributed by atoms with Gasteiger partial charge in [0.05, 0.1) is 11.0 Å². The zero-order valence-electron chi connectivity index (χ0n) is 31.3. The molecular formula is C53H38N2S. The maximum atomic E-state index is 2.44. The highest BCUT2D eigenvalue weighted by atomic mass is 32.1. The molecule has 3 heteroatoms. The first kappa shape index (κ1) is 32.7. The highest BCUT2D eigenvalue weighted by Gasteiger charge is 2.39. The summed E-state index contributed by atoms with van der Waals surface area (Å²) in [5, 5.41) is 3.90. The van der Waals surface area contributed by atoms with Crippen LogP contribution >= 0.6 is 11.3 Å². The summed E-state index contributed by atoms with van der Waals surface area (Å²) < 4.78 is 3.74. The van der Waals surface area contributed by atoms with Crippen LogP contribution in [0.25, 0.3) is 70.3 Å². The van der Waals surface area contributed by atoms with Crippen LogP contribution in [0.4, 0.5) is 17.1 Å². The van der Waals surface area contributed by atoms with E-state index in [1.54, 1.807) is 0 Å². The van der Waals surface area contributed by atoms with Gasteiger partial charge >= 0.3 is 0 Å². The van der Waals surface area contributed by atoms with E-state index in [9.17, 15) is 0 Å². The number of aromatic nitrogens is 1. The van der Waals surface area contributed by atoms with Gasteiger partial charge in [0.2, 0.25) is 0 Å². The van der Waals surface area contributed by atoms with Gasteiger partial charge in [0.25, 0.3) is 0 Å². The first-order valence-electron chi connectivity index (χ1n) is 19.3. The number of rotatable bonds is 6. The average molecular weight is 735 g/mol. The lowest BCUT2D eigenvalue weighted by Gasteiger charge is -2.28. The third-order valence-electron chi connectivity index (χ3n) is 11.8. The minimum atomic E-state index is -0.116. The summed E-state index contributed by atoms with van der Waals surface area (Å²) >= 11 is 1.92. The lowest BCUT2D eigenvalue weighted by atomic mass is 9.81. The maximum absolute atomic E-state index is 2.44. The van der Waals surface area contributed by atoms with E-state index >= 15 is 0 Å². The van der Waals surface area contributed by atoms with E-state index < -0.39 is 0 Å². The Morgan fingerprint density at radius 1 is 0.446 bits per heavy atom. The molecule has 1 aliphatic rings. The van der Waals surface area contributed by atoms with E-state index in [0.29, 0.717) is 0 Å². The molecule has 0 saturated heterocycles. The first-order valence-corrected chi connectivity index (χ1v) is 20.2. The van der Waals surface area contributed by atoms with Gasteiger partial charge in [-0.2, -0.15) is 0 Å². The van der Waals surface area contributed by atoms with Crippen LogP contribution in [0, 0.1) is 0 Å². The average Bonchev–Trinajstić information content (AvgIpc) is 3.88. The summed E-state index contributed by atoms with van der Waals surface area (Å²) in [5.74, 6) is 0. The molecule has 2 nitrogen and oxygen atoms in total. The van der Waals surface area contributed by atoms with E-state index in [1.807, 2.05) is 11.3 Å². The van der Waals surface area contributed by atoms with Gasteiger partial charge in [-0.05, 0) is 117 Å². The molecule has 1 aliphatic carbocycles. The smallest absolute Gasteiger partial charge is 0.0541 e. The Labute approximate surface area is 331 Å². The van der Waals surface area contributed by atoms with E-state index in [2.05, 4.69) is 217 Å². The Kier molecular flexibility index (Phi) is 7.42. The summed E-state index contributed by atoms with van der Waals surface area (Å²) in [6.07, 6.45) is 0. The molecular weight excluding hydrogens is 697 g/mol. The summed E-state index contributed by atoms with van der Waals surface area (Å²) in [5.41, 5.74) is 15.9. The Balaban J connectivity index is 1.01. The lowest BCUT2D eigenvalue weighted by molar-refractivity contribution is 0.667. The molecule has 2 aromatic heterocycles. The minimum absolute atomic E-state index is 0.116. The molecule has 10 aromatic rings. The molecule has 2 heterocycles. The number of anilines is 3. The van der Waals surface area contributed by atoms with Crippen LogP contribution in [0.2, 0.25) is 0 Å². The van der Waals surface area contributed by atoms with Gasteiger partial charge in [-0.1, -0.05) is 135 Å². The molecule has 0 unspecified atom stereocenters. The summed E-state index contributed by atoms with van der Waals surface area (Å²) in [4.78, 5) is 3.82. The Hall–Kier alpha value is -6.68. The van der Waals surface area contributed by atoms with Gasteiger partial charge in [-0.3, -0.25) is 0 Å². The number of benzene rings is 8. The summed E-state index contributed by atoms with van der Waals surface area (Å²) in [6, 6.07) is 71.0. The standard InChI is InChI=1S/C53H38N2S/c1-53(2)47-34-42(30-31-44(47)52-51(53)45-18-10-12-20-50(45)56-52)54(40-26-21-36(22-27-40)35-13-5-3-6-14-35)41-28-23-37(24-29-41)38-25-32-49-46(33-38)43-17-9-11-19-48(43)55(49)39-15-7-4-8-16-39/h3-34H,1-2H3. The number of nitrogens with zero attached hydrogens (tertiary/aromatic N) is 2. The summed E-state index contributed by atoms with van der Waals surface area (Å²) in [7, 11) is 0. The predicted octanol–water partition coefficient (Wildman–Crippen LogP) is 15.1. The Morgan fingerprint density at radius 2 is 1.00 bits per heavy atom. The van der Waals surface area contributed by atoms with Gasteiger partial charge in [-0.15, -0.1) is 11.3 Å². The van der Waals surface area contributed by atoms with Crippen LogP contribution in [0.15, 0.2) is 194 Å². The van der Waals surface area contributed by atoms with Gasteiger partial charge in [-0.25, -0.2) is 0 Å². The van der Waals surface area contributed by atoms with Crippen LogP contribution in [0.3, 0.4) is 0 Å². The van der Waals surface area contributed by atoms with Crippen molar-refractivity contribution in [2.45, 2.75) is 19.3 Å². The first-order chi connectivity index (χ1) is 27.5. The number of hydrogen-bond acceptors (Lipinski definition) is 2. The molecule has 0 saturated carbocycles. The van der Waals surface area contributed by atoms with Crippen LogP contribution in [0.1, 0.15) is 25.0 Å². The fourth-order valence-electron chi connectivity index (χ4n) is 9.07. The fourth-order valence-corrected chi connectivity index (χ4v) is 10.5. The van der Waals surface area contributed by atoms with Crippen molar-refractivity contribution in [3.05, 3.63) is 205 Å². The zero-order chi connectivity index (χ0) is 37.4. The number of hydrogen-bond donors (Lipinski definition) is 0. The Bertz CT molecular complexity index is 3080. The lowest BCUT2D eigenvalue weighted by Crippen LogP contribution is -2.16. The normalized spacial score (nSPS) is 13.0. The van der Waals surface area contributed by atoms with Crippen molar-refractivity contribution < 1.29 is 0 Å². The van der Waals surface area contributed by atoms with E-state index in [0.717, 1.165) is 17.1 Å². The van der Waals surface area contributed by atoms with E-state index in [4.69, 9.17) is 0 Å². The number of thiophene rings is 1. The van der Waals surface area contributed by atoms with Gasteiger partial charge in [0.1, 0.15) is 0 Å². The van der Waals surface area contributed by atoms with Crippen molar-refractivity contribution in [2.24, 2.45) is 0 Å².